The third kappa shape index (κ3) is 8.01. The van der Waals surface area contributed by atoms with E-state index in [-0.39, 0.29) is 5.60 Å². The molecule has 0 aromatic rings. The predicted octanol–water partition coefficient (Wildman–Crippen LogP) is 0.655. The van der Waals surface area contributed by atoms with Crippen molar-refractivity contribution in [3.63, 3.8) is 0 Å². The molecule has 1 unspecified atom stereocenters. The first-order valence-electron chi connectivity index (χ1n) is 5.04. The molecule has 0 aromatic carbocycles. The van der Waals surface area contributed by atoms with Gasteiger partial charge in [0.25, 0.3) is 6.47 Å². The summed E-state index contributed by atoms with van der Waals surface area (Å²) in [4.78, 5) is 9.60. The highest BCUT2D eigenvalue weighted by Gasteiger charge is 2.10. The molecule has 1 fully saturated rings. The van der Waals surface area contributed by atoms with Gasteiger partial charge in [0.2, 0.25) is 0 Å². The van der Waals surface area contributed by atoms with Crippen molar-refractivity contribution in [2.75, 3.05) is 13.1 Å². The molecule has 0 saturated carbocycles. The largest absolute Gasteiger partial charge is 0.462 e. The van der Waals surface area contributed by atoms with Crippen molar-refractivity contribution < 1.29 is 9.53 Å². The average molecular weight is 202 g/mol. The van der Waals surface area contributed by atoms with Gasteiger partial charge in [-0.15, -0.1) is 0 Å². The number of carbonyl (C=O) groups excluding carboxylic acids is 1. The zero-order valence-electron chi connectivity index (χ0n) is 9.38. The van der Waals surface area contributed by atoms with E-state index in [4.69, 9.17) is 5.73 Å². The smallest absolute Gasteiger partial charge is 0.293 e. The van der Waals surface area contributed by atoms with Gasteiger partial charge in [-0.3, -0.25) is 4.79 Å². The van der Waals surface area contributed by atoms with E-state index in [1.165, 1.54) is 19.4 Å². The van der Waals surface area contributed by atoms with E-state index >= 15 is 0 Å². The summed E-state index contributed by atoms with van der Waals surface area (Å²) >= 11 is 0. The minimum absolute atomic E-state index is 0.318. The van der Waals surface area contributed by atoms with Crippen LogP contribution in [0.25, 0.3) is 0 Å². The molecule has 1 rings (SSSR count). The van der Waals surface area contributed by atoms with Crippen LogP contribution in [0.3, 0.4) is 0 Å². The van der Waals surface area contributed by atoms with Crippen LogP contribution >= 0.6 is 0 Å². The van der Waals surface area contributed by atoms with Gasteiger partial charge in [-0.05, 0) is 40.2 Å². The van der Waals surface area contributed by atoms with Crippen LogP contribution in [-0.2, 0) is 9.53 Å². The van der Waals surface area contributed by atoms with Gasteiger partial charge in [-0.25, -0.2) is 0 Å². The normalized spacial score (nSPS) is 21.0. The van der Waals surface area contributed by atoms with Crippen LogP contribution in [0.4, 0.5) is 0 Å². The second-order valence-corrected chi connectivity index (χ2v) is 4.36. The van der Waals surface area contributed by atoms with Crippen molar-refractivity contribution in [2.24, 2.45) is 5.73 Å². The Morgan fingerprint density at radius 3 is 2.36 bits per heavy atom. The van der Waals surface area contributed by atoms with Gasteiger partial charge in [0.1, 0.15) is 5.60 Å². The van der Waals surface area contributed by atoms with Crippen LogP contribution in [0.15, 0.2) is 0 Å². The number of hydrogen-bond acceptors (Lipinski definition) is 4. The molecule has 0 aliphatic carbocycles. The van der Waals surface area contributed by atoms with E-state index in [9.17, 15) is 4.79 Å². The SMILES string of the molecule is CC(C)(C)OC=O.NCC1CCCN1. The molecule has 1 atom stereocenters. The van der Waals surface area contributed by atoms with E-state index in [0.29, 0.717) is 12.5 Å². The van der Waals surface area contributed by atoms with Crippen LogP contribution in [0.1, 0.15) is 33.6 Å². The first-order chi connectivity index (χ1) is 6.49. The number of rotatable bonds is 2. The van der Waals surface area contributed by atoms with Gasteiger partial charge in [-0.2, -0.15) is 0 Å². The molecule has 1 saturated heterocycles. The number of hydrogen-bond donors (Lipinski definition) is 2. The Kier molecular flexibility index (Phi) is 6.49. The predicted molar refractivity (Wildman–Crippen MR) is 57.0 cm³/mol. The molecule has 1 aliphatic rings. The van der Waals surface area contributed by atoms with Gasteiger partial charge in [-0.1, -0.05) is 0 Å². The maximum atomic E-state index is 9.60. The lowest BCUT2D eigenvalue weighted by Gasteiger charge is -2.14. The molecule has 84 valence electrons. The van der Waals surface area contributed by atoms with Gasteiger partial charge < -0.3 is 15.8 Å². The third-order valence-corrected chi connectivity index (χ3v) is 1.85. The third-order valence-electron chi connectivity index (χ3n) is 1.85. The van der Waals surface area contributed by atoms with Gasteiger partial charge >= 0.3 is 0 Å². The second kappa shape index (κ2) is 6.79. The molecular formula is C10H22N2O2. The Morgan fingerprint density at radius 2 is 2.21 bits per heavy atom. The van der Waals surface area contributed by atoms with Crippen molar-refractivity contribution in [2.45, 2.75) is 45.3 Å². The summed E-state index contributed by atoms with van der Waals surface area (Å²) < 4.78 is 4.55. The standard InChI is InChI=1S/C5H12N2.C5H10O2/c6-4-5-2-1-3-7-5;1-5(2,3)7-4-6/h5,7H,1-4,6H2;4H,1-3H3. The van der Waals surface area contributed by atoms with Gasteiger partial charge in [0.15, 0.2) is 0 Å². The molecule has 0 bridgehead atoms. The average Bonchev–Trinajstić information content (AvgIpc) is 2.54. The van der Waals surface area contributed by atoms with Crippen LogP contribution in [0, 0.1) is 0 Å². The number of nitrogens with one attached hydrogen (secondary N) is 1. The molecule has 1 heterocycles. The molecule has 0 spiro atoms. The molecule has 0 radical (unpaired) electrons. The summed E-state index contributed by atoms with van der Waals surface area (Å²) in [5.74, 6) is 0. The fourth-order valence-corrected chi connectivity index (χ4v) is 1.10. The summed E-state index contributed by atoms with van der Waals surface area (Å²) in [7, 11) is 0. The molecule has 4 nitrogen and oxygen atoms in total. The lowest BCUT2D eigenvalue weighted by molar-refractivity contribution is -0.138. The molecule has 14 heavy (non-hydrogen) atoms. The summed E-state index contributed by atoms with van der Waals surface area (Å²) in [5, 5.41) is 3.28. The Hall–Kier alpha value is -0.610. The molecule has 3 N–H and O–H groups in total. The van der Waals surface area contributed by atoms with Crippen molar-refractivity contribution in [3.05, 3.63) is 0 Å². The summed E-state index contributed by atoms with van der Waals surface area (Å²) in [5.41, 5.74) is 5.05. The maximum absolute atomic E-state index is 9.60. The highest BCUT2D eigenvalue weighted by atomic mass is 16.5. The van der Waals surface area contributed by atoms with E-state index < -0.39 is 0 Å². The summed E-state index contributed by atoms with van der Waals surface area (Å²) in [6, 6.07) is 0.625. The number of carbonyl (C=O) groups is 1. The van der Waals surface area contributed by atoms with Crippen LogP contribution in [-0.4, -0.2) is 31.2 Å². The lowest BCUT2D eigenvalue weighted by atomic mass is 10.2. The van der Waals surface area contributed by atoms with E-state index in [0.717, 1.165) is 6.54 Å². The minimum atomic E-state index is -0.318. The van der Waals surface area contributed by atoms with Crippen molar-refractivity contribution in [3.8, 4) is 0 Å². The van der Waals surface area contributed by atoms with Gasteiger partial charge in [0.05, 0.1) is 0 Å². The van der Waals surface area contributed by atoms with E-state index in [2.05, 4.69) is 10.1 Å². The molecule has 1 aliphatic heterocycles. The molecular weight excluding hydrogens is 180 g/mol. The molecule has 0 amide bonds. The Morgan fingerprint density at radius 1 is 1.57 bits per heavy atom. The Labute approximate surface area is 86.2 Å². The highest BCUT2D eigenvalue weighted by molar-refractivity contribution is 5.37. The topological polar surface area (TPSA) is 64.3 Å². The maximum Gasteiger partial charge on any atom is 0.293 e. The Bertz CT molecular complexity index is 149. The zero-order valence-corrected chi connectivity index (χ0v) is 9.38. The van der Waals surface area contributed by atoms with Crippen molar-refractivity contribution in [1.82, 2.24) is 5.32 Å². The first kappa shape index (κ1) is 13.4. The van der Waals surface area contributed by atoms with E-state index in [1.54, 1.807) is 0 Å². The quantitative estimate of drug-likeness (QED) is 0.645. The van der Waals surface area contributed by atoms with Crippen LogP contribution in [0.2, 0.25) is 0 Å². The number of nitrogens with two attached hydrogens (primary N) is 1. The summed E-state index contributed by atoms with van der Waals surface area (Å²) in [6.45, 7) is 7.89. The molecule has 0 aromatic heterocycles. The van der Waals surface area contributed by atoms with E-state index in [1.807, 2.05) is 20.8 Å². The zero-order chi connectivity index (χ0) is 11.0. The Balaban J connectivity index is 0.000000241. The van der Waals surface area contributed by atoms with Crippen LogP contribution in [0.5, 0.6) is 0 Å². The first-order valence-corrected chi connectivity index (χ1v) is 5.04. The monoisotopic (exact) mass is 202 g/mol. The van der Waals surface area contributed by atoms with Crippen LogP contribution < -0.4 is 11.1 Å². The van der Waals surface area contributed by atoms with Crippen molar-refractivity contribution >= 4 is 6.47 Å². The fourth-order valence-electron chi connectivity index (χ4n) is 1.10. The van der Waals surface area contributed by atoms with Crippen molar-refractivity contribution in [1.29, 1.82) is 0 Å². The highest BCUT2D eigenvalue weighted by Crippen LogP contribution is 2.02. The minimum Gasteiger partial charge on any atom is -0.462 e. The fraction of sp³-hybridized carbons (Fsp3) is 0.900. The lowest BCUT2D eigenvalue weighted by Crippen LogP contribution is -2.29. The summed E-state index contributed by atoms with van der Waals surface area (Å²) in [6.07, 6.45) is 2.58. The number of ether oxygens (including phenoxy) is 1. The second-order valence-electron chi connectivity index (χ2n) is 4.36. The van der Waals surface area contributed by atoms with Gasteiger partial charge in [0, 0.05) is 12.6 Å². The molecule has 4 heteroatoms.